The molecule has 200 valence electrons. The fourth-order valence-corrected chi connectivity index (χ4v) is 7.48. The summed E-state index contributed by atoms with van der Waals surface area (Å²) in [5, 5.41) is 13.6. The number of hydrogen-bond donors (Lipinski definition) is 2. The third-order valence-corrected chi connectivity index (χ3v) is 9.39. The van der Waals surface area contributed by atoms with Gasteiger partial charge in [0.25, 0.3) is 0 Å². The Morgan fingerprint density at radius 2 is 1.95 bits per heavy atom. The summed E-state index contributed by atoms with van der Waals surface area (Å²) < 4.78 is 13.9. The normalized spacial score (nSPS) is 31.4. The predicted octanol–water partition coefficient (Wildman–Crippen LogP) is 4.43. The van der Waals surface area contributed by atoms with E-state index in [9.17, 15) is 28.7 Å². The molecular formula is C30H26ClFN2O5. The number of aromatic hydroxyl groups is 1. The predicted molar refractivity (Wildman–Crippen MR) is 141 cm³/mol. The van der Waals surface area contributed by atoms with Gasteiger partial charge in [-0.25, -0.2) is 9.29 Å². The van der Waals surface area contributed by atoms with E-state index in [4.69, 9.17) is 11.6 Å². The maximum atomic E-state index is 14.3. The van der Waals surface area contributed by atoms with E-state index >= 15 is 0 Å². The summed E-state index contributed by atoms with van der Waals surface area (Å²) in [4.78, 5) is 54.8. The first-order chi connectivity index (χ1) is 18.6. The summed E-state index contributed by atoms with van der Waals surface area (Å²) in [7, 11) is 0. The average molecular weight is 549 g/mol. The van der Waals surface area contributed by atoms with E-state index in [1.165, 1.54) is 12.1 Å². The molecule has 3 fully saturated rings. The number of imide groups is 2. The summed E-state index contributed by atoms with van der Waals surface area (Å²) >= 11 is 6.01. The molecule has 6 rings (SSSR count). The van der Waals surface area contributed by atoms with Crippen molar-refractivity contribution in [2.24, 2.45) is 29.1 Å². The lowest BCUT2D eigenvalue weighted by Crippen LogP contribution is -2.48. The van der Waals surface area contributed by atoms with Crippen LogP contribution in [0, 0.1) is 34.9 Å². The molecule has 4 amide bonds. The van der Waals surface area contributed by atoms with Crippen molar-refractivity contribution in [2.45, 2.75) is 32.1 Å². The van der Waals surface area contributed by atoms with Gasteiger partial charge in [-0.2, -0.15) is 0 Å². The first-order valence-electron chi connectivity index (χ1n) is 12.9. The molecule has 0 unspecified atom stereocenters. The van der Waals surface area contributed by atoms with E-state index in [-0.39, 0.29) is 34.7 Å². The Hall–Kier alpha value is -3.78. The number of nitrogens with one attached hydrogen (secondary N) is 1. The van der Waals surface area contributed by atoms with Gasteiger partial charge in [-0.15, -0.1) is 6.58 Å². The van der Waals surface area contributed by atoms with Crippen LogP contribution >= 0.6 is 11.6 Å². The van der Waals surface area contributed by atoms with Crippen LogP contribution in [0.4, 0.5) is 10.1 Å². The number of phenolic OH excluding ortho intramolecular Hbond substituents is 1. The quantitative estimate of drug-likeness (QED) is 0.434. The van der Waals surface area contributed by atoms with Crippen LogP contribution in [0.2, 0.25) is 5.02 Å². The smallest absolute Gasteiger partial charge is 0.241 e. The number of amides is 4. The van der Waals surface area contributed by atoms with Gasteiger partial charge in [0.15, 0.2) is 0 Å². The molecule has 2 aliphatic heterocycles. The van der Waals surface area contributed by atoms with Gasteiger partial charge >= 0.3 is 0 Å². The molecule has 0 aromatic heterocycles. The fraction of sp³-hybridized carbons (Fsp3) is 0.333. The highest BCUT2D eigenvalue weighted by Crippen LogP contribution is 2.64. The SMILES string of the molecule is C=CCc1cccc([C@H]2C3=CC[C@@H]4C(=O)NC(=O)[C@@H]4[C@@H]3C[C@H]3C(=O)N(c4ccc(F)c(Cl)c4)C(=O)[C@@]23C)c1O. The Bertz CT molecular complexity index is 1520. The summed E-state index contributed by atoms with van der Waals surface area (Å²) in [6.07, 6.45) is 4.46. The lowest BCUT2D eigenvalue weighted by Gasteiger charge is -2.49. The number of phenols is 1. The van der Waals surface area contributed by atoms with Crippen molar-refractivity contribution in [3.05, 3.63) is 82.7 Å². The Morgan fingerprint density at radius 3 is 2.67 bits per heavy atom. The number of carbonyl (C=O) groups excluding carboxylic acids is 4. The molecule has 2 aromatic carbocycles. The van der Waals surface area contributed by atoms with Gasteiger partial charge in [-0.3, -0.25) is 24.5 Å². The zero-order valence-electron chi connectivity index (χ0n) is 21.1. The molecule has 2 N–H and O–H groups in total. The van der Waals surface area contributed by atoms with Gasteiger partial charge in [-0.05, 0) is 55.9 Å². The maximum Gasteiger partial charge on any atom is 0.241 e. The molecular weight excluding hydrogens is 523 g/mol. The minimum atomic E-state index is -1.32. The first kappa shape index (κ1) is 25.5. The van der Waals surface area contributed by atoms with Crippen LogP contribution in [0.15, 0.2) is 60.7 Å². The topological polar surface area (TPSA) is 104 Å². The van der Waals surface area contributed by atoms with Crippen molar-refractivity contribution in [3.8, 4) is 5.75 Å². The molecule has 0 bridgehead atoms. The molecule has 7 nitrogen and oxygen atoms in total. The molecule has 2 heterocycles. The number of carbonyl (C=O) groups is 4. The van der Waals surface area contributed by atoms with Gasteiger partial charge in [0.1, 0.15) is 11.6 Å². The highest BCUT2D eigenvalue weighted by molar-refractivity contribution is 6.31. The minimum Gasteiger partial charge on any atom is -0.507 e. The molecule has 6 atom stereocenters. The number of fused-ring (bicyclic) bond motifs is 4. The Labute approximate surface area is 229 Å². The van der Waals surface area contributed by atoms with Gasteiger partial charge in [0.05, 0.1) is 33.9 Å². The second kappa shape index (κ2) is 8.88. The van der Waals surface area contributed by atoms with Crippen LogP contribution in [0.25, 0.3) is 0 Å². The van der Waals surface area contributed by atoms with Gasteiger partial charge < -0.3 is 5.11 Å². The third-order valence-electron chi connectivity index (χ3n) is 9.10. The molecule has 1 saturated carbocycles. The summed E-state index contributed by atoms with van der Waals surface area (Å²) in [5.74, 6) is -5.66. The Kier molecular flexibility index (Phi) is 5.80. The molecule has 0 radical (unpaired) electrons. The van der Waals surface area contributed by atoms with Crippen LogP contribution in [0.5, 0.6) is 5.75 Å². The van der Waals surface area contributed by atoms with Gasteiger partial charge in [0.2, 0.25) is 23.6 Å². The number of hydrogen-bond acceptors (Lipinski definition) is 5. The zero-order chi connectivity index (χ0) is 27.8. The Balaban J connectivity index is 1.56. The zero-order valence-corrected chi connectivity index (χ0v) is 21.9. The highest BCUT2D eigenvalue weighted by atomic mass is 35.5. The number of rotatable bonds is 4. The van der Waals surface area contributed by atoms with E-state index in [2.05, 4.69) is 11.9 Å². The van der Waals surface area contributed by atoms with Crippen molar-refractivity contribution < 1.29 is 28.7 Å². The van der Waals surface area contributed by atoms with Crippen molar-refractivity contribution >= 4 is 40.9 Å². The first-order valence-corrected chi connectivity index (χ1v) is 13.3. The van der Waals surface area contributed by atoms with Crippen LogP contribution in [0.1, 0.15) is 36.8 Å². The molecule has 2 aromatic rings. The van der Waals surface area contributed by atoms with Crippen molar-refractivity contribution in [1.29, 1.82) is 0 Å². The number of nitrogens with zero attached hydrogens (tertiary/aromatic N) is 1. The van der Waals surface area contributed by atoms with E-state index in [1.54, 1.807) is 31.2 Å². The number of halogens is 2. The summed E-state index contributed by atoms with van der Waals surface area (Å²) in [6, 6.07) is 8.97. The summed E-state index contributed by atoms with van der Waals surface area (Å²) in [5.41, 5.74) is 0.689. The number of anilines is 1. The van der Waals surface area contributed by atoms with Gasteiger partial charge in [0, 0.05) is 11.5 Å². The van der Waals surface area contributed by atoms with Crippen LogP contribution < -0.4 is 10.2 Å². The molecule has 4 aliphatic rings. The second-order valence-corrected chi connectivity index (χ2v) is 11.4. The maximum absolute atomic E-state index is 14.3. The largest absolute Gasteiger partial charge is 0.507 e. The lowest BCUT2D eigenvalue weighted by molar-refractivity contribution is -0.131. The van der Waals surface area contributed by atoms with E-state index in [0.717, 1.165) is 16.5 Å². The minimum absolute atomic E-state index is 0.00141. The third kappa shape index (κ3) is 3.47. The number of para-hydroxylation sites is 1. The lowest BCUT2D eigenvalue weighted by atomic mass is 9.51. The van der Waals surface area contributed by atoms with Crippen LogP contribution in [-0.2, 0) is 25.6 Å². The standard InChI is InChI=1S/C30H26ClFN2O5/c1-3-5-14-6-4-7-18(25(14)35)24-16-9-10-17-23(27(37)33-26(17)36)19(16)13-20-28(38)34(29(39)30(20,24)2)15-8-11-22(32)21(31)12-15/h3-4,6-9,11-12,17,19-20,23-24,35H,1,5,10,13H2,2H3,(H,33,36,37)/t17-,19+,20-,23-,24+,30+/m0/s1. The molecule has 2 aliphatic carbocycles. The Morgan fingerprint density at radius 1 is 1.18 bits per heavy atom. The van der Waals surface area contributed by atoms with Crippen molar-refractivity contribution in [1.82, 2.24) is 5.32 Å². The van der Waals surface area contributed by atoms with Gasteiger partial charge in [-0.1, -0.05) is 47.5 Å². The van der Waals surface area contributed by atoms with E-state index in [0.29, 0.717) is 24.0 Å². The van der Waals surface area contributed by atoms with E-state index in [1.807, 2.05) is 6.08 Å². The molecule has 9 heteroatoms. The molecule has 0 spiro atoms. The van der Waals surface area contributed by atoms with Crippen LogP contribution in [0.3, 0.4) is 0 Å². The monoisotopic (exact) mass is 548 g/mol. The average Bonchev–Trinajstić information content (AvgIpc) is 3.30. The van der Waals surface area contributed by atoms with Crippen LogP contribution in [-0.4, -0.2) is 28.7 Å². The second-order valence-electron chi connectivity index (χ2n) is 11.0. The number of allylic oxidation sites excluding steroid dienone is 3. The van der Waals surface area contributed by atoms with Crippen molar-refractivity contribution in [2.75, 3.05) is 4.90 Å². The summed E-state index contributed by atoms with van der Waals surface area (Å²) in [6.45, 7) is 5.48. The van der Waals surface area contributed by atoms with Crippen molar-refractivity contribution in [3.63, 3.8) is 0 Å². The van der Waals surface area contributed by atoms with E-state index < -0.39 is 52.6 Å². The number of benzene rings is 2. The molecule has 2 saturated heterocycles. The highest BCUT2D eigenvalue weighted by Gasteiger charge is 2.67. The molecule has 39 heavy (non-hydrogen) atoms. The fourth-order valence-electron chi connectivity index (χ4n) is 7.30.